The molecule has 3 rings (SSSR count). The minimum Gasteiger partial charge on any atom is -0.360 e. The van der Waals surface area contributed by atoms with Crippen molar-refractivity contribution in [2.75, 3.05) is 0 Å². The third kappa shape index (κ3) is 2.08. The fraction of sp³-hybridized carbons (Fsp3) is 0.154. The highest BCUT2D eigenvalue weighted by Gasteiger charge is 2.12. The lowest BCUT2D eigenvalue weighted by molar-refractivity contribution is 0.0951. The quantitative estimate of drug-likeness (QED) is 0.739. The minimum atomic E-state index is -0.125. The first-order chi connectivity index (χ1) is 9.25. The summed E-state index contributed by atoms with van der Waals surface area (Å²) in [6, 6.07) is 7.70. The van der Waals surface area contributed by atoms with Crippen molar-refractivity contribution in [2.45, 2.75) is 6.54 Å². The third-order valence-electron chi connectivity index (χ3n) is 3.05. The topological polar surface area (TPSA) is 75.6 Å². The van der Waals surface area contributed by atoms with E-state index in [1.165, 1.54) is 0 Å². The summed E-state index contributed by atoms with van der Waals surface area (Å²) < 4.78 is 1.77. The number of rotatable bonds is 3. The fourth-order valence-electron chi connectivity index (χ4n) is 1.98. The Morgan fingerprint density at radius 1 is 1.42 bits per heavy atom. The number of fused-ring (bicyclic) bond motifs is 1. The van der Waals surface area contributed by atoms with E-state index >= 15 is 0 Å². The standard InChI is InChI=1S/C13H13N5O/c1-18-8-16-17-12(18)7-15-13(19)10-6-14-11-5-3-2-4-9(10)11/h2-6,8,14H,7H2,1H3,(H,15,19). The van der Waals surface area contributed by atoms with Gasteiger partial charge < -0.3 is 14.9 Å². The second kappa shape index (κ2) is 4.56. The van der Waals surface area contributed by atoms with Gasteiger partial charge in [-0.2, -0.15) is 0 Å². The van der Waals surface area contributed by atoms with Crippen LogP contribution in [-0.2, 0) is 13.6 Å². The van der Waals surface area contributed by atoms with Gasteiger partial charge in [-0.15, -0.1) is 10.2 Å². The van der Waals surface area contributed by atoms with Gasteiger partial charge in [-0.3, -0.25) is 4.79 Å². The van der Waals surface area contributed by atoms with Crippen LogP contribution in [0.25, 0.3) is 10.9 Å². The number of benzene rings is 1. The summed E-state index contributed by atoms with van der Waals surface area (Å²) in [5.41, 5.74) is 1.59. The van der Waals surface area contributed by atoms with Crippen molar-refractivity contribution < 1.29 is 4.79 Å². The van der Waals surface area contributed by atoms with Crippen molar-refractivity contribution in [1.29, 1.82) is 0 Å². The molecule has 19 heavy (non-hydrogen) atoms. The molecule has 0 saturated heterocycles. The van der Waals surface area contributed by atoms with E-state index in [-0.39, 0.29) is 5.91 Å². The highest BCUT2D eigenvalue weighted by molar-refractivity contribution is 6.06. The predicted octanol–water partition coefficient (Wildman–Crippen LogP) is 1.23. The van der Waals surface area contributed by atoms with Gasteiger partial charge in [-0.05, 0) is 6.07 Å². The smallest absolute Gasteiger partial charge is 0.253 e. The zero-order valence-corrected chi connectivity index (χ0v) is 10.4. The van der Waals surface area contributed by atoms with Crippen LogP contribution in [0.2, 0.25) is 0 Å². The Kier molecular flexibility index (Phi) is 2.75. The normalized spacial score (nSPS) is 10.8. The van der Waals surface area contributed by atoms with Crippen LogP contribution in [0.5, 0.6) is 0 Å². The van der Waals surface area contributed by atoms with Crippen LogP contribution in [0.4, 0.5) is 0 Å². The first kappa shape index (κ1) is 11.5. The van der Waals surface area contributed by atoms with E-state index in [0.29, 0.717) is 17.9 Å². The molecule has 0 fully saturated rings. The minimum absolute atomic E-state index is 0.125. The Balaban J connectivity index is 1.79. The van der Waals surface area contributed by atoms with Gasteiger partial charge in [0.2, 0.25) is 0 Å². The van der Waals surface area contributed by atoms with Crippen LogP contribution in [0.1, 0.15) is 16.2 Å². The Morgan fingerprint density at radius 2 is 2.26 bits per heavy atom. The molecular weight excluding hydrogens is 242 g/mol. The fourth-order valence-corrected chi connectivity index (χ4v) is 1.98. The van der Waals surface area contributed by atoms with Gasteiger partial charge in [0.25, 0.3) is 5.91 Å². The molecule has 0 atom stereocenters. The summed E-state index contributed by atoms with van der Waals surface area (Å²) in [7, 11) is 1.84. The molecule has 0 aliphatic heterocycles. The Morgan fingerprint density at radius 3 is 3.05 bits per heavy atom. The second-order valence-electron chi connectivity index (χ2n) is 4.29. The molecule has 96 valence electrons. The molecule has 1 aromatic carbocycles. The number of para-hydroxylation sites is 1. The average molecular weight is 255 g/mol. The molecule has 0 saturated carbocycles. The number of hydrogen-bond acceptors (Lipinski definition) is 3. The molecule has 2 aromatic heterocycles. The molecule has 0 bridgehead atoms. The number of nitrogens with one attached hydrogen (secondary N) is 2. The Hall–Kier alpha value is -2.63. The predicted molar refractivity (Wildman–Crippen MR) is 70.5 cm³/mol. The maximum absolute atomic E-state index is 12.1. The van der Waals surface area contributed by atoms with Crippen LogP contribution in [0, 0.1) is 0 Å². The molecule has 2 N–H and O–H groups in total. The summed E-state index contributed by atoms with van der Waals surface area (Å²) in [5, 5.41) is 11.4. The molecule has 0 aliphatic rings. The first-order valence-electron chi connectivity index (χ1n) is 5.93. The first-order valence-corrected chi connectivity index (χ1v) is 5.93. The zero-order valence-electron chi connectivity index (χ0n) is 10.4. The molecule has 3 aromatic rings. The Labute approximate surface area is 109 Å². The molecule has 6 nitrogen and oxygen atoms in total. The second-order valence-corrected chi connectivity index (χ2v) is 4.29. The van der Waals surface area contributed by atoms with Crippen LogP contribution in [-0.4, -0.2) is 25.7 Å². The van der Waals surface area contributed by atoms with Gasteiger partial charge >= 0.3 is 0 Å². The largest absolute Gasteiger partial charge is 0.360 e. The van der Waals surface area contributed by atoms with E-state index in [0.717, 1.165) is 10.9 Å². The number of hydrogen-bond donors (Lipinski definition) is 2. The maximum Gasteiger partial charge on any atom is 0.253 e. The highest BCUT2D eigenvalue weighted by Crippen LogP contribution is 2.17. The molecule has 0 unspecified atom stereocenters. The van der Waals surface area contributed by atoms with E-state index in [9.17, 15) is 4.79 Å². The molecule has 0 spiro atoms. The molecule has 0 aliphatic carbocycles. The van der Waals surface area contributed by atoms with Crippen molar-refractivity contribution in [3.8, 4) is 0 Å². The van der Waals surface area contributed by atoms with Gasteiger partial charge in [-0.1, -0.05) is 18.2 Å². The molecule has 2 heterocycles. The number of H-pyrrole nitrogens is 1. The van der Waals surface area contributed by atoms with E-state index in [1.807, 2.05) is 31.3 Å². The molecule has 1 amide bonds. The average Bonchev–Trinajstić information content (AvgIpc) is 3.02. The van der Waals surface area contributed by atoms with Crippen molar-refractivity contribution in [3.05, 3.63) is 48.2 Å². The summed E-state index contributed by atoms with van der Waals surface area (Å²) in [6.07, 6.45) is 3.32. The number of carbonyl (C=O) groups excluding carboxylic acids is 1. The SMILES string of the molecule is Cn1cnnc1CNC(=O)c1c[nH]c2ccccc12. The maximum atomic E-state index is 12.1. The van der Waals surface area contributed by atoms with Crippen molar-refractivity contribution in [2.24, 2.45) is 7.05 Å². The van der Waals surface area contributed by atoms with Gasteiger partial charge in [0.15, 0.2) is 5.82 Å². The van der Waals surface area contributed by atoms with Crippen LogP contribution >= 0.6 is 0 Å². The summed E-state index contributed by atoms with van der Waals surface area (Å²) in [4.78, 5) is 15.2. The summed E-state index contributed by atoms with van der Waals surface area (Å²) >= 11 is 0. The van der Waals surface area contributed by atoms with Crippen LogP contribution < -0.4 is 5.32 Å². The van der Waals surface area contributed by atoms with Crippen LogP contribution in [0.15, 0.2) is 36.8 Å². The third-order valence-corrected chi connectivity index (χ3v) is 3.05. The monoisotopic (exact) mass is 255 g/mol. The molecule has 6 heteroatoms. The van der Waals surface area contributed by atoms with E-state index < -0.39 is 0 Å². The van der Waals surface area contributed by atoms with Gasteiger partial charge in [0.1, 0.15) is 6.33 Å². The van der Waals surface area contributed by atoms with Crippen molar-refractivity contribution >= 4 is 16.8 Å². The number of amides is 1. The van der Waals surface area contributed by atoms with E-state index in [4.69, 9.17) is 0 Å². The van der Waals surface area contributed by atoms with E-state index in [2.05, 4.69) is 20.5 Å². The lowest BCUT2D eigenvalue weighted by Crippen LogP contribution is -2.24. The summed E-state index contributed by atoms with van der Waals surface area (Å²) in [6.45, 7) is 0.356. The van der Waals surface area contributed by atoms with Crippen molar-refractivity contribution in [3.63, 3.8) is 0 Å². The lowest BCUT2D eigenvalue weighted by Gasteiger charge is -2.03. The zero-order chi connectivity index (χ0) is 13.2. The van der Waals surface area contributed by atoms with E-state index in [1.54, 1.807) is 17.1 Å². The number of aromatic amines is 1. The highest BCUT2D eigenvalue weighted by atomic mass is 16.1. The van der Waals surface area contributed by atoms with Gasteiger partial charge in [0.05, 0.1) is 12.1 Å². The number of aromatic nitrogens is 4. The lowest BCUT2D eigenvalue weighted by atomic mass is 10.1. The molecule has 0 radical (unpaired) electrons. The van der Waals surface area contributed by atoms with Gasteiger partial charge in [0, 0.05) is 24.1 Å². The number of carbonyl (C=O) groups is 1. The Bertz CT molecular complexity index is 727. The number of nitrogens with zero attached hydrogens (tertiary/aromatic N) is 3. The summed E-state index contributed by atoms with van der Waals surface area (Å²) in [5.74, 6) is 0.591. The molecular formula is C13H13N5O. The van der Waals surface area contributed by atoms with Crippen molar-refractivity contribution in [1.82, 2.24) is 25.1 Å². The number of aryl methyl sites for hydroxylation is 1. The van der Waals surface area contributed by atoms with Crippen LogP contribution in [0.3, 0.4) is 0 Å². The van der Waals surface area contributed by atoms with Gasteiger partial charge in [-0.25, -0.2) is 0 Å².